The smallest absolute Gasteiger partial charge is 0.203 e. The number of rotatable bonds is 9. The van der Waals surface area contributed by atoms with Crippen LogP contribution in [-0.2, 0) is 6.42 Å². The molecule has 0 aliphatic rings. The summed E-state index contributed by atoms with van der Waals surface area (Å²) in [6.45, 7) is 0.997. The first-order valence-electron chi connectivity index (χ1n) is 10.00. The number of methoxy groups -OCH3 is 3. The second-order valence-electron chi connectivity index (χ2n) is 6.83. The lowest BCUT2D eigenvalue weighted by Crippen LogP contribution is -2.40. The van der Waals surface area contributed by atoms with Crippen LogP contribution in [0.5, 0.6) is 17.2 Å². The van der Waals surface area contributed by atoms with E-state index in [9.17, 15) is 5.11 Å². The van der Waals surface area contributed by atoms with Gasteiger partial charge in [0, 0.05) is 35.3 Å². The molecule has 0 saturated heterocycles. The second kappa shape index (κ2) is 10.9. The number of aliphatic imine (C=N–C) groups is 1. The fourth-order valence-corrected chi connectivity index (χ4v) is 4.41. The van der Waals surface area contributed by atoms with Gasteiger partial charge in [-0.15, -0.1) is 11.3 Å². The van der Waals surface area contributed by atoms with E-state index in [-0.39, 0.29) is 0 Å². The van der Waals surface area contributed by atoms with Crippen molar-refractivity contribution in [2.75, 3.05) is 41.5 Å². The Hall–Kier alpha value is -2.97. The molecule has 3 rings (SSSR count). The Bertz CT molecular complexity index is 1000. The summed E-state index contributed by atoms with van der Waals surface area (Å²) in [6, 6.07) is 14.0. The molecule has 3 N–H and O–H groups in total. The Morgan fingerprint density at radius 2 is 1.81 bits per heavy atom. The maximum Gasteiger partial charge on any atom is 0.203 e. The number of thiophene rings is 1. The molecule has 8 heteroatoms. The van der Waals surface area contributed by atoms with Crippen LogP contribution in [0.15, 0.2) is 47.5 Å². The Morgan fingerprint density at radius 3 is 2.48 bits per heavy atom. The molecular formula is C23H29N3O4S. The van der Waals surface area contributed by atoms with Gasteiger partial charge in [-0.05, 0) is 30.0 Å². The van der Waals surface area contributed by atoms with Crippen molar-refractivity contribution < 1.29 is 19.3 Å². The maximum atomic E-state index is 10.6. The van der Waals surface area contributed by atoms with Gasteiger partial charge in [-0.1, -0.05) is 24.3 Å². The number of guanidine groups is 1. The molecule has 166 valence electrons. The van der Waals surface area contributed by atoms with Crippen molar-refractivity contribution in [1.82, 2.24) is 10.6 Å². The highest BCUT2D eigenvalue weighted by Crippen LogP contribution is 2.39. The minimum atomic E-state index is -0.609. The summed E-state index contributed by atoms with van der Waals surface area (Å²) >= 11 is 1.60. The quantitative estimate of drug-likeness (QED) is 0.347. The summed E-state index contributed by atoms with van der Waals surface area (Å²) in [4.78, 5) is 5.17. The number of hydrogen-bond acceptors (Lipinski definition) is 6. The molecule has 1 unspecified atom stereocenters. The lowest BCUT2D eigenvalue weighted by molar-refractivity contribution is 0.184. The average molecular weight is 444 g/mol. The van der Waals surface area contributed by atoms with E-state index in [1.54, 1.807) is 39.7 Å². The van der Waals surface area contributed by atoms with Crippen LogP contribution >= 0.6 is 11.3 Å². The number of aliphatic hydroxyl groups is 1. The Kier molecular flexibility index (Phi) is 7.97. The molecule has 7 nitrogen and oxygen atoms in total. The van der Waals surface area contributed by atoms with E-state index in [0.717, 1.165) is 15.8 Å². The van der Waals surface area contributed by atoms with Gasteiger partial charge < -0.3 is 30.0 Å². The highest BCUT2D eigenvalue weighted by atomic mass is 32.1. The van der Waals surface area contributed by atoms with Gasteiger partial charge in [0.25, 0.3) is 0 Å². The van der Waals surface area contributed by atoms with Crippen LogP contribution in [-0.4, -0.2) is 52.5 Å². The number of hydrogen-bond donors (Lipinski definition) is 3. The molecule has 1 atom stereocenters. The largest absolute Gasteiger partial charge is 0.493 e. The Morgan fingerprint density at radius 1 is 1.03 bits per heavy atom. The number of nitrogens with one attached hydrogen (secondary N) is 2. The average Bonchev–Trinajstić information content (AvgIpc) is 3.24. The Balaban J connectivity index is 1.55. The van der Waals surface area contributed by atoms with E-state index < -0.39 is 6.10 Å². The van der Waals surface area contributed by atoms with Gasteiger partial charge in [0.2, 0.25) is 5.75 Å². The van der Waals surface area contributed by atoms with Crippen molar-refractivity contribution >= 4 is 27.4 Å². The number of fused-ring (bicyclic) bond motifs is 1. The molecule has 0 aliphatic heterocycles. The molecule has 0 saturated carbocycles. The molecule has 2 aromatic carbocycles. The summed E-state index contributed by atoms with van der Waals surface area (Å²) in [5.41, 5.74) is 0.994. The summed E-state index contributed by atoms with van der Waals surface area (Å²) < 4.78 is 17.5. The molecule has 1 heterocycles. The van der Waals surface area contributed by atoms with E-state index >= 15 is 0 Å². The fourth-order valence-electron chi connectivity index (χ4n) is 3.36. The molecule has 0 aliphatic carbocycles. The first kappa shape index (κ1) is 22.7. The molecule has 3 aromatic rings. The van der Waals surface area contributed by atoms with E-state index in [0.29, 0.717) is 42.7 Å². The third-order valence-electron chi connectivity index (χ3n) is 4.93. The number of ether oxygens (including phenoxy) is 3. The van der Waals surface area contributed by atoms with E-state index in [1.807, 2.05) is 30.3 Å². The molecule has 31 heavy (non-hydrogen) atoms. The minimum absolute atomic E-state index is 0.367. The van der Waals surface area contributed by atoms with Crippen molar-refractivity contribution in [3.63, 3.8) is 0 Å². The van der Waals surface area contributed by atoms with Crippen LogP contribution in [0.2, 0.25) is 0 Å². The summed E-state index contributed by atoms with van der Waals surface area (Å²) in [7, 11) is 6.51. The topological polar surface area (TPSA) is 84.3 Å². The first-order chi connectivity index (χ1) is 15.1. The van der Waals surface area contributed by atoms with Crippen LogP contribution < -0.4 is 24.8 Å². The standard InChI is InChI=1S/C23H29N3O4S/c1-24-23(26-14-17(27)20-13-16-7-5-6-8-19(16)31-20)25-12-11-15-9-10-18(28-2)22(30-4)21(15)29-3/h5-10,13,17,27H,11-12,14H2,1-4H3,(H2,24,25,26). The normalized spacial score (nSPS) is 12.5. The van der Waals surface area contributed by atoms with Crippen molar-refractivity contribution in [3.05, 3.63) is 52.9 Å². The van der Waals surface area contributed by atoms with Gasteiger partial charge in [0.05, 0.1) is 21.3 Å². The zero-order chi connectivity index (χ0) is 22.2. The predicted molar refractivity (Wildman–Crippen MR) is 126 cm³/mol. The SMILES string of the molecule is CN=C(NCCc1ccc(OC)c(OC)c1OC)NCC(O)c1cc2ccccc2s1. The lowest BCUT2D eigenvalue weighted by Gasteiger charge is -2.17. The monoisotopic (exact) mass is 443 g/mol. The molecular weight excluding hydrogens is 414 g/mol. The highest BCUT2D eigenvalue weighted by Gasteiger charge is 2.16. The van der Waals surface area contributed by atoms with Crippen LogP contribution in [0.25, 0.3) is 10.1 Å². The molecule has 0 bridgehead atoms. The lowest BCUT2D eigenvalue weighted by atomic mass is 10.1. The second-order valence-corrected chi connectivity index (χ2v) is 7.94. The van der Waals surface area contributed by atoms with Crippen LogP contribution in [0.4, 0.5) is 0 Å². The first-order valence-corrected chi connectivity index (χ1v) is 10.8. The van der Waals surface area contributed by atoms with Crippen LogP contribution in [0.3, 0.4) is 0 Å². The van der Waals surface area contributed by atoms with Gasteiger partial charge in [0.15, 0.2) is 17.5 Å². The molecule has 0 fully saturated rings. The predicted octanol–water partition coefficient (Wildman–Crippen LogP) is 3.37. The van der Waals surface area contributed by atoms with Gasteiger partial charge in [0.1, 0.15) is 6.10 Å². The fraction of sp³-hybridized carbons (Fsp3) is 0.348. The van der Waals surface area contributed by atoms with Crippen molar-refractivity contribution in [1.29, 1.82) is 0 Å². The van der Waals surface area contributed by atoms with Crippen molar-refractivity contribution in [2.45, 2.75) is 12.5 Å². The summed E-state index contributed by atoms with van der Waals surface area (Å²) in [5, 5.41) is 18.2. The van der Waals surface area contributed by atoms with Crippen molar-refractivity contribution in [3.8, 4) is 17.2 Å². The molecule has 0 spiro atoms. The minimum Gasteiger partial charge on any atom is -0.493 e. The third-order valence-corrected chi connectivity index (χ3v) is 6.15. The van der Waals surface area contributed by atoms with Gasteiger partial charge in [-0.25, -0.2) is 0 Å². The van der Waals surface area contributed by atoms with E-state index in [1.165, 1.54) is 4.70 Å². The zero-order valence-electron chi connectivity index (χ0n) is 18.3. The molecule has 0 radical (unpaired) electrons. The van der Waals surface area contributed by atoms with Gasteiger partial charge >= 0.3 is 0 Å². The third kappa shape index (κ3) is 5.39. The number of nitrogens with zero attached hydrogens (tertiary/aromatic N) is 1. The van der Waals surface area contributed by atoms with E-state index in [4.69, 9.17) is 14.2 Å². The van der Waals surface area contributed by atoms with E-state index in [2.05, 4.69) is 27.8 Å². The number of aliphatic hydroxyl groups excluding tert-OH is 1. The Labute approximate surface area is 186 Å². The zero-order valence-corrected chi connectivity index (χ0v) is 19.1. The van der Waals surface area contributed by atoms with Crippen LogP contribution in [0.1, 0.15) is 16.5 Å². The van der Waals surface area contributed by atoms with Gasteiger partial charge in [-0.3, -0.25) is 4.99 Å². The van der Waals surface area contributed by atoms with Crippen molar-refractivity contribution in [2.24, 2.45) is 4.99 Å². The molecule has 0 amide bonds. The number of benzene rings is 2. The summed E-state index contributed by atoms with van der Waals surface area (Å²) in [5.74, 6) is 2.49. The van der Waals surface area contributed by atoms with Gasteiger partial charge in [-0.2, -0.15) is 0 Å². The molecule has 1 aromatic heterocycles. The maximum absolute atomic E-state index is 10.6. The highest BCUT2D eigenvalue weighted by molar-refractivity contribution is 7.19. The summed E-state index contributed by atoms with van der Waals surface area (Å²) in [6.07, 6.45) is 0.0882. The van der Waals surface area contributed by atoms with Crippen LogP contribution in [0, 0.1) is 0 Å².